The van der Waals surface area contributed by atoms with Crippen LogP contribution in [0.15, 0.2) is 271 Å². The lowest BCUT2D eigenvalue weighted by atomic mass is 9.84. The number of fused-ring (bicyclic) bond motifs is 11. The number of furan rings is 1. The fourth-order valence-corrected chi connectivity index (χ4v) is 13.9. The maximum atomic E-state index is 6.25. The molecule has 2 heterocycles. The highest BCUT2D eigenvalue weighted by Gasteiger charge is 2.23. The van der Waals surface area contributed by atoms with Gasteiger partial charge in [0.1, 0.15) is 11.2 Å². The molecule has 0 aliphatic carbocycles. The minimum atomic E-state index is 0.909. The molecule has 1 nitrogen and oxygen atoms in total. The van der Waals surface area contributed by atoms with Gasteiger partial charge in [-0.2, -0.15) is 0 Å². The van der Waals surface area contributed by atoms with E-state index in [-0.39, 0.29) is 0 Å². The number of para-hydroxylation sites is 1. The van der Waals surface area contributed by atoms with Crippen molar-refractivity contribution in [3.05, 3.63) is 267 Å². The molecular weight excluding hydrogens is 937 g/mol. The Morgan fingerprint density at radius 1 is 0.237 bits per heavy atom. The third kappa shape index (κ3) is 6.58. The van der Waals surface area contributed by atoms with Gasteiger partial charge in [-0.15, -0.1) is 11.3 Å². The Bertz CT molecular complexity index is 4920. The van der Waals surface area contributed by atoms with Crippen molar-refractivity contribution in [3.8, 4) is 66.8 Å². The van der Waals surface area contributed by atoms with E-state index in [1.165, 1.54) is 141 Å². The van der Waals surface area contributed by atoms with Crippen LogP contribution in [-0.4, -0.2) is 0 Å². The lowest BCUT2D eigenvalue weighted by Gasteiger charge is -2.19. The lowest BCUT2D eigenvalue weighted by molar-refractivity contribution is 0.669. The Morgan fingerprint density at radius 2 is 0.658 bits per heavy atom. The molecule has 16 rings (SSSR count). The van der Waals surface area contributed by atoms with E-state index in [0.717, 1.165) is 21.9 Å². The summed E-state index contributed by atoms with van der Waals surface area (Å²) >= 11 is 1.91. The fraction of sp³-hybridized carbons (Fsp3) is 0. The normalized spacial score (nSPS) is 11.9. The number of thiophene rings is 1. The van der Waals surface area contributed by atoms with Crippen molar-refractivity contribution in [3.63, 3.8) is 0 Å². The maximum absolute atomic E-state index is 6.25. The van der Waals surface area contributed by atoms with Gasteiger partial charge >= 0.3 is 0 Å². The molecule has 2 heteroatoms. The van der Waals surface area contributed by atoms with Crippen molar-refractivity contribution < 1.29 is 4.42 Å². The van der Waals surface area contributed by atoms with E-state index in [9.17, 15) is 0 Å². The molecule has 14 aromatic carbocycles. The molecule has 0 aliphatic heterocycles. The predicted octanol–water partition coefficient (Wildman–Crippen LogP) is 21.7. The second-order valence-corrected chi connectivity index (χ2v) is 21.2. The minimum Gasteiger partial charge on any atom is -0.456 e. The van der Waals surface area contributed by atoms with Crippen molar-refractivity contribution in [2.75, 3.05) is 0 Å². The molecule has 0 fully saturated rings. The summed E-state index contributed by atoms with van der Waals surface area (Å²) in [6, 6.07) is 98.5. The number of rotatable bonds is 6. The van der Waals surface area contributed by atoms with Gasteiger partial charge in [-0.3, -0.25) is 0 Å². The molecule has 352 valence electrons. The summed E-state index contributed by atoms with van der Waals surface area (Å²) in [6.07, 6.45) is 0. The van der Waals surface area contributed by atoms with Gasteiger partial charge in [0.25, 0.3) is 0 Å². The average molecular weight is 981 g/mol. The fourth-order valence-electron chi connectivity index (χ4n) is 12.7. The van der Waals surface area contributed by atoms with E-state index in [1.54, 1.807) is 0 Å². The Hall–Kier alpha value is -9.60. The van der Waals surface area contributed by atoms with E-state index in [1.807, 2.05) is 23.5 Å². The Kier molecular flexibility index (Phi) is 9.57. The van der Waals surface area contributed by atoms with E-state index >= 15 is 0 Å². The van der Waals surface area contributed by atoms with Crippen LogP contribution < -0.4 is 0 Å². The van der Waals surface area contributed by atoms with Gasteiger partial charge in [-0.1, -0.05) is 231 Å². The van der Waals surface area contributed by atoms with Crippen LogP contribution in [-0.2, 0) is 0 Å². The highest BCUT2D eigenvalue weighted by atomic mass is 32.1. The zero-order valence-corrected chi connectivity index (χ0v) is 42.0. The third-order valence-electron chi connectivity index (χ3n) is 16.0. The van der Waals surface area contributed by atoms with Crippen LogP contribution in [0.2, 0.25) is 0 Å². The Balaban J connectivity index is 0.781. The molecule has 76 heavy (non-hydrogen) atoms. The summed E-state index contributed by atoms with van der Waals surface area (Å²) in [6.45, 7) is 0. The second kappa shape index (κ2) is 17.0. The van der Waals surface area contributed by atoms with E-state index in [2.05, 4.69) is 255 Å². The van der Waals surface area contributed by atoms with E-state index in [0.29, 0.717) is 0 Å². The van der Waals surface area contributed by atoms with Crippen molar-refractivity contribution in [2.24, 2.45) is 0 Å². The summed E-state index contributed by atoms with van der Waals surface area (Å²) in [5, 5.41) is 17.4. The van der Waals surface area contributed by atoms with Gasteiger partial charge in [0.05, 0.1) is 0 Å². The van der Waals surface area contributed by atoms with Crippen molar-refractivity contribution in [2.45, 2.75) is 0 Å². The molecule has 0 unspecified atom stereocenters. The molecule has 0 aliphatic rings. The quantitative estimate of drug-likeness (QED) is 0.151. The van der Waals surface area contributed by atoms with Gasteiger partial charge in [0.15, 0.2) is 0 Å². The van der Waals surface area contributed by atoms with E-state index < -0.39 is 0 Å². The van der Waals surface area contributed by atoms with Gasteiger partial charge < -0.3 is 4.42 Å². The number of hydrogen-bond donors (Lipinski definition) is 0. The first-order valence-electron chi connectivity index (χ1n) is 26.1. The predicted molar refractivity (Wildman–Crippen MR) is 327 cm³/mol. The van der Waals surface area contributed by atoms with E-state index in [4.69, 9.17) is 4.42 Å². The zero-order valence-electron chi connectivity index (χ0n) is 41.2. The number of hydrogen-bond acceptors (Lipinski definition) is 2. The smallest absolute Gasteiger partial charge is 0.135 e. The average Bonchev–Trinajstić information content (AvgIpc) is 4.15. The second-order valence-electron chi connectivity index (χ2n) is 20.2. The van der Waals surface area contributed by atoms with Crippen LogP contribution in [0.5, 0.6) is 0 Å². The molecule has 0 N–H and O–H groups in total. The van der Waals surface area contributed by atoms with Gasteiger partial charge in [-0.25, -0.2) is 0 Å². The molecule has 0 saturated carbocycles. The van der Waals surface area contributed by atoms with Crippen LogP contribution in [0, 0.1) is 0 Å². The SMILES string of the molecule is c1ccc(-c2c3ccccc3c(-c3ccc(-c4ccc5cc(-c6ccc(-c7c8ccccc8c(-c8ccc9oc%10ccccc%10c9c8)c8ccccc78)cc6)ccc5c4)c4sc5ccccc5c34)c3ccccc23)cc1. The highest BCUT2D eigenvalue weighted by Crippen LogP contribution is 2.51. The molecule has 0 atom stereocenters. The summed E-state index contributed by atoms with van der Waals surface area (Å²) in [5.74, 6) is 0. The van der Waals surface area contributed by atoms with Crippen molar-refractivity contribution in [1.29, 1.82) is 0 Å². The summed E-state index contributed by atoms with van der Waals surface area (Å²) in [4.78, 5) is 0. The van der Waals surface area contributed by atoms with Gasteiger partial charge in [0.2, 0.25) is 0 Å². The first kappa shape index (κ1) is 42.9. The number of benzene rings is 14. The maximum Gasteiger partial charge on any atom is 0.135 e. The standard InChI is InChI=1S/C74H44OS/c1-2-16-46(17-3-1)69-59-23-8-10-25-61(59)72(62-26-11-9-24-60(62)69)64-40-39-53(74-73(64)63-27-13-15-29-68(63)76-74)51-37-36-49-42-48(34-35-50(49)43-51)45-30-32-47(33-31-45)70-55-19-4-6-21-57(55)71(58-22-7-5-20-56(58)70)52-38-41-67-65(44-52)54-18-12-14-28-66(54)75-67/h1-44H. The Labute approximate surface area is 442 Å². The van der Waals surface area contributed by atoms with Gasteiger partial charge in [0, 0.05) is 30.9 Å². The molecule has 16 aromatic rings. The van der Waals surface area contributed by atoms with Crippen LogP contribution in [0.3, 0.4) is 0 Å². The first-order valence-corrected chi connectivity index (χ1v) is 27.0. The molecular formula is C74H44OS. The molecule has 0 spiro atoms. The molecule has 0 bridgehead atoms. The molecule has 0 amide bonds. The topological polar surface area (TPSA) is 13.1 Å². The van der Waals surface area contributed by atoms with Gasteiger partial charge in [-0.05, 0) is 157 Å². The molecule has 2 aromatic heterocycles. The highest BCUT2D eigenvalue weighted by molar-refractivity contribution is 7.26. The largest absolute Gasteiger partial charge is 0.456 e. The lowest BCUT2D eigenvalue weighted by Crippen LogP contribution is -1.91. The summed E-state index contributed by atoms with van der Waals surface area (Å²) in [5.41, 5.74) is 16.7. The third-order valence-corrected chi connectivity index (χ3v) is 17.2. The van der Waals surface area contributed by atoms with Crippen LogP contribution in [0.4, 0.5) is 0 Å². The van der Waals surface area contributed by atoms with Crippen LogP contribution in [0.1, 0.15) is 0 Å². The van der Waals surface area contributed by atoms with Crippen molar-refractivity contribution in [1.82, 2.24) is 0 Å². The molecule has 0 radical (unpaired) electrons. The van der Waals surface area contributed by atoms with Crippen LogP contribution in [0.25, 0.3) is 163 Å². The minimum absolute atomic E-state index is 0.909. The van der Waals surface area contributed by atoms with Crippen LogP contribution >= 0.6 is 11.3 Å². The first-order chi connectivity index (χ1) is 37.7. The zero-order chi connectivity index (χ0) is 49.8. The van der Waals surface area contributed by atoms with Crippen molar-refractivity contribution >= 4 is 107 Å². The molecule has 0 saturated heterocycles. The summed E-state index contributed by atoms with van der Waals surface area (Å²) in [7, 11) is 0. The monoisotopic (exact) mass is 980 g/mol. The Morgan fingerprint density at radius 3 is 1.28 bits per heavy atom. The summed E-state index contributed by atoms with van der Waals surface area (Å²) < 4.78 is 8.86.